The highest BCUT2D eigenvalue weighted by Crippen LogP contribution is 2.24. The number of carbonyl (C=O) groups excluding carboxylic acids is 2. The average Bonchev–Trinajstić information content (AvgIpc) is 2.99. The number of benzene rings is 2. The number of ether oxygens (including phenoxy) is 1. The van der Waals surface area contributed by atoms with Crippen LogP contribution in [0.4, 0.5) is 0 Å². The Balaban J connectivity index is 1.54. The number of amides is 2. The van der Waals surface area contributed by atoms with Gasteiger partial charge in [-0.05, 0) is 30.3 Å². The third-order valence-corrected chi connectivity index (χ3v) is 5.24. The maximum atomic E-state index is 12.2. The standard InChI is InChI=1S/C20H20Cl2N2O5/c21-13-5-3-4-12(8-13)18(26)24-10-20(28)11-29-16(17(20)25)9-23-19(27)14-6-1-2-7-15(14)22/h1-8,16-17,25,28H,9-11H2,(H,23,27)(H,24,26)/t16-,17-,20+/m1/s1. The number of nitrogens with one attached hydrogen (secondary N) is 2. The molecule has 1 heterocycles. The molecule has 3 atom stereocenters. The fourth-order valence-electron chi connectivity index (χ4n) is 3.00. The largest absolute Gasteiger partial charge is 0.387 e. The van der Waals surface area contributed by atoms with E-state index in [1.807, 2.05) is 0 Å². The second-order valence-electron chi connectivity index (χ2n) is 6.78. The van der Waals surface area contributed by atoms with Crippen LogP contribution in [0.25, 0.3) is 0 Å². The van der Waals surface area contributed by atoms with Crippen molar-refractivity contribution in [3.8, 4) is 0 Å². The van der Waals surface area contributed by atoms with Crippen LogP contribution in [0.2, 0.25) is 10.0 Å². The van der Waals surface area contributed by atoms with Crippen molar-refractivity contribution < 1.29 is 24.5 Å². The minimum Gasteiger partial charge on any atom is -0.387 e. The van der Waals surface area contributed by atoms with E-state index in [1.54, 1.807) is 42.5 Å². The van der Waals surface area contributed by atoms with Crippen LogP contribution in [-0.2, 0) is 4.74 Å². The lowest BCUT2D eigenvalue weighted by atomic mass is 9.96. The van der Waals surface area contributed by atoms with E-state index in [0.717, 1.165) is 0 Å². The Morgan fingerprint density at radius 3 is 2.59 bits per heavy atom. The molecule has 2 amide bonds. The highest BCUT2D eigenvalue weighted by atomic mass is 35.5. The van der Waals surface area contributed by atoms with Gasteiger partial charge in [-0.3, -0.25) is 9.59 Å². The maximum absolute atomic E-state index is 12.2. The molecule has 1 aliphatic rings. The van der Waals surface area contributed by atoms with Crippen LogP contribution in [0, 0.1) is 0 Å². The van der Waals surface area contributed by atoms with E-state index in [2.05, 4.69) is 10.6 Å². The molecule has 9 heteroatoms. The van der Waals surface area contributed by atoms with Crippen molar-refractivity contribution in [1.29, 1.82) is 0 Å². The molecule has 0 bridgehead atoms. The molecule has 4 N–H and O–H groups in total. The smallest absolute Gasteiger partial charge is 0.252 e. The maximum Gasteiger partial charge on any atom is 0.252 e. The summed E-state index contributed by atoms with van der Waals surface area (Å²) >= 11 is 11.9. The van der Waals surface area contributed by atoms with E-state index in [-0.39, 0.29) is 19.7 Å². The summed E-state index contributed by atoms with van der Waals surface area (Å²) in [7, 11) is 0. The normalized spacial score (nSPS) is 23.6. The van der Waals surface area contributed by atoms with Crippen molar-refractivity contribution in [2.24, 2.45) is 0 Å². The molecule has 1 saturated heterocycles. The van der Waals surface area contributed by atoms with Crippen molar-refractivity contribution in [3.05, 3.63) is 69.7 Å². The molecule has 2 aromatic rings. The molecular formula is C20H20Cl2N2O5. The fraction of sp³-hybridized carbons (Fsp3) is 0.300. The van der Waals surface area contributed by atoms with Crippen LogP contribution in [0.5, 0.6) is 0 Å². The Morgan fingerprint density at radius 2 is 1.86 bits per heavy atom. The molecule has 2 aromatic carbocycles. The second-order valence-corrected chi connectivity index (χ2v) is 7.62. The second kappa shape index (κ2) is 9.11. The first kappa shape index (κ1) is 21.5. The average molecular weight is 439 g/mol. The molecule has 1 fully saturated rings. The Bertz CT molecular complexity index is 910. The highest BCUT2D eigenvalue weighted by molar-refractivity contribution is 6.33. The van der Waals surface area contributed by atoms with Crippen molar-refractivity contribution in [3.63, 3.8) is 0 Å². The van der Waals surface area contributed by atoms with Gasteiger partial charge in [-0.25, -0.2) is 0 Å². The van der Waals surface area contributed by atoms with Crippen LogP contribution in [-0.4, -0.2) is 59.5 Å². The molecule has 0 aromatic heterocycles. The zero-order valence-electron chi connectivity index (χ0n) is 15.3. The summed E-state index contributed by atoms with van der Waals surface area (Å²) in [5, 5.41) is 27.0. The number of hydrogen-bond donors (Lipinski definition) is 4. The minimum absolute atomic E-state index is 0.0320. The van der Waals surface area contributed by atoms with Crippen LogP contribution < -0.4 is 10.6 Å². The van der Waals surface area contributed by atoms with Gasteiger partial charge in [0.15, 0.2) is 0 Å². The van der Waals surface area contributed by atoms with Gasteiger partial charge >= 0.3 is 0 Å². The zero-order valence-corrected chi connectivity index (χ0v) is 16.8. The van der Waals surface area contributed by atoms with Crippen molar-refractivity contribution >= 4 is 35.0 Å². The predicted molar refractivity (Wildman–Crippen MR) is 108 cm³/mol. The van der Waals surface area contributed by atoms with Gasteiger partial charge in [-0.15, -0.1) is 0 Å². The van der Waals surface area contributed by atoms with Crippen LogP contribution in [0.15, 0.2) is 48.5 Å². The third kappa shape index (κ3) is 5.07. The molecule has 29 heavy (non-hydrogen) atoms. The molecule has 0 radical (unpaired) electrons. The van der Waals surface area contributed by atoms with Crippen molar-refractivity contribution in [1.82, 2.24) is 10.6 Å². The van der Waals surface area contributed by atoms with Gasteiger partial charge < -0.3 is 25.6 Å². The zero-order chi connectivity index (χ0) is 21.0. The van der Waals surface area contributed by atoms with Gasteiger partial charge in [0, 0.05) is 17.1 Å². The topological polar surface area (TPSA) is 108 Å². The Hall–Kier alpha value is -2.16. The number of halogens is 2. The molecule has 0 unspecified atom stereocenters. The van der Waals surface area contributed by atoms with E-state index >= 15 is 0 Å². The highest BCUT2D eigenvalue weighted by Gasteiger charge is 2.48. The van der Waals surface area contributed by atoms with Crippen molar-refractivity contribution in [2.45, 2.75) is 17.8 Å². The van der Waals surface area contributed by atoms with Crippen molar-refractivity contribution in [2.75, 3.05) is 19.7 Å². The Morgan fingerprint density at radius 1 is 1.10 bits per heavy atom. The first-order valence-corrected chi connectivity index (χ1v) is 9.64. The minimum atomic E-state index is -1.69. The molecule has 0 aliphatic carbocycles. The van der Waals surface area contributed by atoms with E-state index in [1.165, 1.54) is 6.07 Å². The summed E-state index contributed by atoms with van der Waals surface area (Å²) in [6.45, 7) is -0.457. The number of aliphatic hydroxyl groups is 2. The van der Waals surface area contributed by atoms with Crippen LogP contribution in [0.1, 0.15) is 20.7 Å². The molecule has 0 saturated carbocycles. The Labute approximate surface area is 177 Å². The first-order chi connectivity index (χ1) is 13.8. The summed E-state index contributed by atoms with van der Waals surface area (Å²) in [4.78, 5) is 24.4. The number of carbonyl (C=O) groups is 2. The van der Waals surface area contributed by atoms with E-state index < -0.39 is 29.6 Å². The monoisotopic (exact) mass is 438 g/mol. The third-order valence-electron chi connectivity index (χ3n) is 4.67. The van der Waals surface area contributed by atoms with Crippen LogP contribution in [0.3, 0.4) is 0 Å². The number of hydrogen-bond acceptors (Lipinski definition) is 5. The summed E-state index contributed by atoms with van der Waals surface area (Å²) in [6, 6.07) is 12.9. The quantitative estimate of drug-likeness (QED) is 0.548. The van der Waals surface area contributed by atoms with Crippen LogP contribution >= 0.6 is 23.2 Å². The van der Waals surface area contributed by atoms with Gasteiger partial charge in [0.1, 0.15) is 17.8 Å². The van der Waals surface area contributed by atoms with Gasteiger partial charge in [0.2, 0.25) is 0 Å². The summed E-state index contributed by atoms with van der Waals surface area (Å²) in [5.74, 6) is -0.861. The van der Waals surface area contributed by atoms with Gasteiger partial charge in [-0.2, -0.15) is 0 Å². The number of aliphatic hydroxyl groups excluding tert-OH is 1. The lowest BCUT2D eigenvalue weighted by Crippen LogP contribution is -2.53. The van der Waals surface area contributed by atoms with Gasteiger partial charge in [0.25, 0.3) is 11.8 Å². The van der Waals surface area contributed by atoms with E-state index in [9.17, 15) is 19.8 Å². The summed E-state index contributed by atoms with van der Waals surface area (Å²) in [5.41, 5.74) is -1.06. The summed E-state index contributed by atoms with van der Waals surface area (Å²) in [6.07, 6.45) is -2.15. The SMILES string of the molecule is O=C(NC[C@]1(O)CO[C@H](CNC(=O)c2ccccc2Cl)[C@H]1O)c1cccc(Cl)c1. The molecule has 0 spiro atoms. The molecule has 3 rings (SSSR count). The molecule has 7 nitrogen and oxygen atoms in total. The first-order valence-electron chi connectivity index (χ1n) is 8.89. The lowest BCUT2D eigenvalue weighted by molar-refractivity contribution is -0.0464. The van der Waals surface area contributed by atoms with Gasteiger partial charge in [-0.1, -0.05) is 41.4 Å². The Kier molecular flexibility index (Phi) is 6.77. The van der Waals surface area contributed by atoms with E-state index in [0.29, 0.717) is 21.2 Å². The molecule has 1 aliphatic heterocycles. The molecular weight excluding hydrogens is 419 g/mol. The molecule has 154 valence electrons. The predicted octanol–water partition coefficient (Wildman–Crippen LogP) is 1.64. The number of rotatable bonds is 6. The fourth-order valence-corrected chi connectivity index (χ4v) is 3.41. The lowest BCUT2D eigenvalue weighted by Gasteiger charge is -2.26. The summed E-state index contributed by atoms with van der Waals surface area (Å²) < 4.78 is 5.43. The van der Waals surface area contributed by atoms with Gasteiger partial charge in [0.05, 0.1) is 23.7 Å². The van der Waals surface area contributed by atoms with E-state index in [4.69, 9.17) is 27.9 Å².